The van der Waals surface area contributed by atoms with Gasteiger partial charge in [-0.05, 0) is 35.9 Å². The number of fused-ring (bicyclic) bond motifs is 1. The molecule has 2 amide bonds. The summed E-state index contributed by atoms with van der Waals surface area (Å²) in [6.45, 7) is 0.0484. The molecule has 0 radical (unpaired) electrons. The van der Waals surface area contributed by atoms with Crippen molar-refractivity contribution in [1.82, 2.24) is 10.2 Å². The Kier molecular flexibility index (Phi) is 5.50. The van der Waals surface area contributed by atoms with Gasteiger partial charge in [0.25, 0.3) is 5.91 Å². The van der Waals surface area contributed by atoms with Gasteiger partial charge < -0.3 is 20.7 Å². The minimum absolute atomic E-state index is 0.231. The molecule has 0 bridgehead atoms. The van der Waals surface area contributed by atoms with E-state index in [4.69, 9.17) is 10.5 Å². The van der Waals surface area contributed by atoms with E-state index in [-0.39, 0.29) is 12.2 Å². The van der Waals surface area contributed by atoms with Gasteiger partial charge in [-0.15, -0.1) is 0 Å². The second-order valence-electron chi connectivity index (χ2n) is 8.48. The van der Waals surface area contributed by atoms with E-state index >= 15 is 0 Å². The van der Waals surface area contributed by atoms with Crippen LogP contribution in [0.15, 0.2) is 59.8 Å². The van der Waals surface area contributed by atoms with Crippen LogP contribution in [-0.4, -0.2) is 42.3 Å². The van der Waals surface area contributed by atoms with Crippen LogP contribution in [0.3, 0.4) is 0 Å². The number of epoxide rings is 1. The number of carbonyl (C=O) groups excluding carboxylic acids is 2. The molecule has 0 aliphatic carbocycles. The molecule has 1 saturated heterocycles. The number of benzene rings is 2. The van der Waals surface area contributed by atoms with Crippen LogP contribution < -0.4 is 16.0 Å². The van der Waals surface area contributed by atoms with Crippen LogP contribution >= 0.6 is 0 Å². The van der Waals surface area contributed by atoms with E-state index in [2.05, 4.69) is 5.32 Å². The first-order valence-corrected chi connectivity index (χ1v) is 10.9. The van der Waals surface area contributed by atoms with Crippen LogP contribution in [-0.2, 0) is 20.5 Å². The zero-order valence-corrected chi connectivity index (χ0v) is 18.2. The van der Waals surface area contributed by atoms with E-state index < -0.39 is 42.1 Å². The number of hydrogen-bond donors (Lipinski definition) is 2. The quantitative estimate of drug-likeness (QED) is 0.646. The number of amides is 2. The number of rotatable bonds is 4. The maximum absolute atomic E-state index is 13.5. The number of ether oxygens (including phenoxy) is 1. The van der Waals surface area contributed by atoms with Crippen LogP contribution in [0.2, 0.25) is 0 Å². The maximum atomic E-state index is 13.5. The van der Waals surface area contributed by atoms with Gasteiger partial charge in [-0.3, -0.25) is 14.5 Å². The standard InChI is InChI=1S/C24H20F3N5O3/c25-24(26,27)15-2-1-3-16(10-15)32-17-8-9-30-21(34)19(17)20(14-6-4-13(11-28)5-7-14)31(12-18(29)33)22-23(32)35-22/h1-7,10,20,22-23H,8-9,12H2,(H2,29,33)(H,30,34). The van der Waals surface area contributed by atoms with E-state index in [0.29, 0.717) is 35.4 Å². The second-order valence-corrected chi connectivity index (χ2v) is 8.48. The lowest BCUT2D eigenvalue weighted by atomic mass is 9.91. The monoisotopic (exact) mass is 483 g/mol. The number of nitrogens with zero attached hydrogens (tertiary/aromatic N) is 3. The van der Waals surface area contributed by atoms with Gasteiger partial charge in [0.1, 0.15) is 0 Å². The van der Waals surface area contributed by atoms with Crippen molar-refractivity contribution < 1.29 is 27.5 Å². The van der Waals surface area contributed by atoms with Gasteiger partial charge in [0.2, 0.25) is 5.91 Å². The number of alkyl halides is 3. The predicted octanol–water partition coefficient (Wildman–Crippen LogP) is 2.38. The third-order valence-electron chi connectivity index (χ3n) is 6.27. The fourth-order valence-electron chi connectivity index (χ4n) is 4.78. The van der Waals surface area contributed by atoms with E-state index in [0.717, 1.165) is 12.1 Å². The minimum atomic E-state index is -4.55. The summed E-state index contributed by atoms with van der Waals surface area (Å²) >= 11 is 0. The Bertz CT molecular complexity index is 1270. The molecule has 3 N–H and O–H groups in total. The molecule has 0 saturated carbocycles. The fourth-order valence-corrected chi connectivity index (χ4v) is 4.78. The summed E-state index contributed by atoms with van der Waals surface area (Å²) in [6.07, 6.45) is -5.61. The maximum Gasteiger partial charge on any atom is 0.416 e. The van der Waals surface area contributed by atoms with Crippen LogP contribution in [0.5, 0.6) is 0 Å². The van der Waals surface area contributed by atoms with Crippen molar-refractivity contribution in [2.24, 2.45) is 5.73 Å². The number of primary amides is 1. The number of nitrogens with two attached hydrogens (primary N) is 1. The summed E-state index contributed by atoms with van der Waals surface area (Å²) in [4.78, 5) is 28.5. The molecule has 1 fully saturated rings. The minimum Gasteiger partial charge on any atom is -0.369 e. The summed E-state index contributed by atoms with van der Waals surface area (Å²) in [6, 6.07) is 12.7. The molecule has 3 aliphatic heterocycles. The zero-order valence-electron chi connectivity index (χ0n) is 18.2. The Morgan fingerprint density at radius 3 is 2.60 bits per heavy atom. The Hall–Kier alpha value is -3.88. The van der Waals surface area contributed by atoms with Crippen molar-refractivity contribution in [3.05, 3.63) is 76.5 Å². The highest BCUT2D eigenvalue weighted by Crippen LogP contribution is 2.48. The van der Waals surface area contributed by atoms with Gasteiger partial charge in [0.15, 0.2) is 12.5 Å². The third-order valence-corrected chi connectivity index (χ3v) is 6.27. The average molecular weight is 483 g/mol. The van der Waals surface area contributed by atoms with Gasteiger partial charge in [-0.2, -0.15) is 18.4 Å². The Morgan fingerprint density at radius 1 is 1.20 bits per heavy atom. The highest BCUT2D eigenvalue weighted by atomic mass is 19.4. The number of anilines is 1. The first kappa shape index (κ1) is 22.9. The van der Waals surface area contributed by atoms with Crippen LogP contribution in [0.25, 0.3) is 0 Å². The van der Waals surface area contributed by atoms with Crippen LogP contribution in [0.1, 0.15) is 29.2 Å². The molecule has 2 aromatic carbocycles. The highest BCUT2D eigenvalue weighted by Gasteiger charge is 2.56. The molecule has 8 nitrogen and oxygen atoms in total. The lowest BCUT2D eigenvalue weighted by Gasteiger charge is -2.35. The lowest BCUT2D eigenvalue weighted by molar-refractivity contribution is -0.137. The van der Waals surface area contributed by atoms with E-state index in [9.17, 15) is 28.0 Å². The van der Waals surface area contributed by atoms with Gasteiger partial charge in [0, 0.05) is 24.4 Å². The predicted molar refractivity (Wildman–Crippen MR) is 117 cm³/mol. The third kappa shape index (κ3) is 4.11. The SMILES string of the molecule is N#Cc1ccc(C2C3=C(CCNC3=O)N(c3cccc(C(F)(F)F)c3)C3OC3N2CC(N)=O)cc1. The van der Waals surface area contributed by atoms with E-state index in [1.54, 1.807) is 34.1 Å². The normalized spacial score (nSPS) is 24.1. The summed E-state index contributed by atoms with van der Waals surface area (Å²) in [7, 11) is 0. The Labute approximate surface area is 198 Å². The summed E-state index contributed by atoms with van der Waals surface area (Å²) in [5.74, 6) is -1.04. The van der Waals surface area contributed by atoms with Gasteiger partial charge in [-0.25, -0.2) is 0 Å². The van der Waals surface area contributed by atoms with Crippen molar-refractivity contribution in [2.75, 3.05) is 18.0 Å². The van der Waals surface area contributed by atoms with Gasteiger partial charge in [-0.1, -0.05) is 18.2 Å². The number of hydrogen-bond acceptors (Lipinski definition) is 6. The van der Waals surface area contributed by atoms with Crippen molar-refractivity contribution >= 4 is 17.5 Å². The molecule has 3 aliphatic rings. The van der Waals surface area contributed by atoms with E-state index in [1.807, 2.05) is 6.07 Å². The first-order valence-electron chi connectivity index (χ1n) is 10.9. The highest BCUT2D eigenvalue weighted by molar-refractivity contribution is 5.97. The second kappa shape index (κ2) is 8.41. The van der Waals surface area contributed by atoms with Crippen molar-refractivity contribution in [3.8, 4) is 6.07 Å². The number of carbonyl (C=O) groups is 2. The molecule has 2 aromatic rings. The van der Waals surface area contributed by atoms with E-state index in [1.165, 1.54) is 12.1 Å². The Balaban J connectivity index is 1.70. The molecule has 3 unspecified atom stereocenters. The molecule has 3 atom stereocenters. The molecule has 35 heavy (non-hydrogen) atoms. The van der Waals surface area contributed by atoms with Gasteiger partial charge in [0.05, 0.1) is 35.4 Å². The zero-order chi connectivity index (χ0) is 24.9. The Morgan fingerprint density at radius 2 is 1.94 bits per heavy atom. The number of nitrogens with one attached hydrogen (secondary N) is 1. The largest absolute Gasteiger partial charge is 0.416 e. The molecular weight excluding hydrogens is 463 g/mol. The van der Waals surface area contributed by atoms with Crippen molar-refractivity contribution in [1.29, 1.82) is 5.26 Å². The molecule has 3 heterocycles. The summed E-state index contributed by atoms with van der Waals surface area (Å²) in [5.41, 5.74) is 6.78. The average Bonchev–Trinajstić information content (AvgIpc) is 3.61. The van der Waals surface area contributed by atoms with Crippen molar-refractivity contribution in [2.45, 2.75) is 31.1 Å². The summed E-state index contributed by atoms with van der Waals surface area (Å²) < 4.78 is 46.3. The van der Waals surface area contributed by atoms with Crippen LogP contribution in [0.4, 0.5) is 18.9 Å². The molecule has 180 valence electrons. The van der Waals surface area contributed by atoms with Crippen molar-refractivity contribution in [3.63, 3.8) is 0 Å². The number of halogens is 3. The first-order chi connectivity index (χ1) is 16.7. The molecular formula is C24H20F3N5O3. The molecule has 5 rings (SSSR count). The molecule has 0 aromatic heterocycles. The van der Waals surface area contributed by atoms with Crippen LogP contribution in [0, 0.1) is 11.3 Å². The van der Waals surface area contributed by atoms with Gasteiger partial charge >= 0.3 is 6.18 Å². The lowest BCUT2D eigenvalue weighted by Crippen LogP contribution is -2.43. The molecule has 11 heteroatoms. The summed E-state index contributed by atoms with van der Waals surface area (Å²) in [5, 5.41) is 12.0. The number of nitriles is 1. The smallest absolute Gasteiger partial charge is 0.369 e. The molecule has 0 spiro atoms. The topological polar surface area (TPSA) is 115 Å². The fraction of sp³-hybridized carbons (Fsp3) is 0.292.